The van der Waals surface area contributed by atoms with E-state index < -0.39 is 26.4 Å². The van der Waals surface area contributed by atoms with Gasteiger partial charge >= 0.3 is 0 Å². The molecule has 0 saturated carbocycles. The number of carbonyl (C=O) groups excluding carboxylic acids is 1. The maximum absolute atomic E-state index is 13.0. The Balaban J connectivity index is 3.56. The fourth-order valence-electron chi connectivity index (χ4n) is 1.00. The van der Waals surface area contributed by atoms with Gasteiger partial charge in [-0.05, 0) is 12.1 Å². The molecule has 0 fully saturated rings. The minimum atomic E-state index is -3.96. The van der Waals surface area contributed by atoms with Gasteiger partial charge in [0.1, 0.15) is 22.8 Å². The van der Waals surface area contributed by atoms with Crippen LogP contribution >= 0.6 is 0 Å². The zero-order valence-electron chi connectivity index (χ0n) is 7.12. The molecule has 0 saturated heterocycles. The van der Waals surface area contributed by atoms with E-state index >= 15 is 0 Å². The molecule has 0 radical (unpaired) electrons. The molecule has 0 N–H and O–H groups in total. The molecule has 0 heterocycles. The molecular weight excluding hydrogens is 214 g/mol. The van der Waals surface area contributed by atoms with Gasteiger partial charge in [-0.3, -0.25) is 4.79 Å². The molecule has 0 bridgehead atoms. The first-order chi connectivity index (χ1) is 6.36. The van der Waals surface area contributed by atoms with E-state index in [1.807, 2.05) is 0 Å². The summed E-state index contributed by atoms with van der Waals surface area (Å²) in [6.45, 7) is 0. The summed E-state index contributed by atoms with van der Waals surface area (Å²) in [5.74, 6) is -2.51. The molecular formula is C8H6F2O3S. The largest absolute Gasteiger partial charge is 0.298 e. The van der Waals surface area contributed by atoms with Crippen molar-refractivity contribution < 1.29 is 22.0 Å². The van der Waals surface area contributed by atoms with E-state index in [9.17, 15) is 22.0 Å². The average molecular weight is 220 g/mol. The molecule has 6 heteroatoms. The van der Waals surface area contributed by atoms with Gasteiger partial charge < -0.3 is 0 Å². The molecule has 0 aliphatic heterocycles. The van der Waals surface area contributed by atoms with Gasteiger partial charge in [0.15, 0.2) is 9.84 Å². The van der Waals surface area contributed by atoms with Gasteiger partial charge in [0.25, 0.3) is 0 Å². The van der Waals surface area contributed by atoms with Gasteiger partial charge in [0, 0.05) is 11.8 Å². The maximum atomic E-state index is 13.0. The van der Waals surface area contributed by atoms with Crippen molar-refractivity contribution in [2.45, 2.75) is 4.90 Å². The Hall–Kier alpha value is -1.30. The second-order valence-corrected chi connectivity index (χ2v) is 4.66. The van der Waals surface area contributed by atoms with Gasteiger partial charge in [-0.25, -0.2) is 17.2 Å². The third-order valence-electron chi connectivity index (χ3n) is 1.53. The Labute approximate surface area is 79.3 Å². The molecule has 1 rings (SSSR count). The quantitative estimate of drug-likeness (QED) is 0.703. The summed E-state index contributed by atoms with van der Waals surface area (Å²) in [4.78, 5) is 9.18. The summed E-state index contributed by atoms with van der Waals surface area (Å²) in [5, 5.41) is 0. The van der Waals surface area contributed by atoms with Crippen molar-refractivity contribution >= 4 is 16.1 Å². The van der Waals surface area contributed by atoms with Crippen molar-refractivity contribution in [1.29, 1.82) is 0 Å². The van der Waals surface area contributed by atoms with Crippen molar-refractivity contribution in [3.8, 4) is 0 Å². The van der Waals surface area contributed by atoms with Gasteiger partial charge in [0.05, 0.1) is 0 Å². The van der Waals surface area contributed by atoms with Crippen LogP contribution in [0, 0.1) is 11.6 Å². The summed E-state index contributed by atoms with van der Waals surface area (Å²) in [6, 6.07) is 1.35. The summed E-state index contributed by atoms with van der Waals surface area (Å²) >= 11 is 0. The molecule has 0 atom stereocenters. The van der Waals surface area contributed by atoms with Crippen LogP contribution in [-0.4, -0.2) is 21.0 Å². The zero-order chi connectivity index (χ0) is 10.9. The lowest BCUT2D eigenvalue weighted by Crippen LogP contribution is -2.05. The number of sulfone groups is 1. The van der Waals surface area contributed by atoms with Crippen LogP contribution in [0.15, 0.2) is 17.0 Å². The van der Waals surface area contributed by atoms with E-state index in [2.05, 4.69) is 0 Å². The van der Waals surface area contributed by atoms with Crippen LogP contribution in [0.3, 0.4) is 0 Å². The SMILES string of the molecule is CS(=O)(=O)c1c(F)cc(C=O)cc1F. The predicted octanol–water partition coefficient (Wildman–Crippen LogP) is 1.18. The zero-order valence-corrected chi connectivity index (χ0v) is 7.94. The highest BCUT2D eigenvalue weighted by atomic mass is 32.2. The number of rotatable bonds is 2. The second-order valence-electron chi connectivity index (χ2n) is 2.70. The van der Waals surface area contributed by atoms with Gasteiger partial charge in [0.2, 0.25) is 0 Å². The summed E-state index contributed by atoms with van der Waals surface area (Å²) in [7, 11) is -3.96. The van der Waals surface area contributed by atoms with E-state index in [-0.39, 0.29) is 11.8 Å². The number of aldehydes is 1. The number of halogens is 2. The van der Waals surface area contributed by atoms with Crippen LogP contribution in [0.4, 0.5) is 8.78 Å². The second kappa shape index (κ2) is 3.45. The van der Waals surface area contributed by atoms with Gasteiger partial charge in [-0.2, -0.15) is 0 Å². The summed E-state index contributed by atoms with van der Waals surface area (Å²) in [6.07, 6.45) is 0.924. The van der Waals surface area contributed by atoms with Crippen molar-refractivity contribution in [2.24, 2.45) is 0 Å². The molecule has 0 unspecified atom stereocenters. The smallest absolute Gasteiger partial charge is 0.181 e. The first-order valence-corrected chi connectivity index (χ1v) is 5.39. The fourth-order valence-corrected chi connectivity index (χ4v) is 1.83. The molecule has 0 amide bonds. The molecule has 3 nitrogen and oxygen atoms in total. The lowest BCUT2D eigenvalue weighted by molar-refractivity contribution is 0.112. The van der Waals surface area contributed by atoms with Crippen molar-refractivity contribution in [3.05, 3.63) is 29.3 Å². The number of hydrogen-bond donors (Lipinski definition) is 0. The lowest BCUT2D eigenvalue weighted by atomic mass is 10.2. The van der Waals surface area contributed by atoms with Crippen LogP contribution in [0.2, 0.25) is 0 Å². The van der Waals surface area contributed by atoms with E-state index in [0.717, 1.165) is 0 Å². The lowest BCUT2D eigenvalue weighted by Gasteiger charge is -2.02. The monoisotopic (exact) mass is 220 g/mol. The molecule has 76 valence electrons. The molecule has 1 aromatic rings. The topological polar surface area (TPSA) is 51.2 Å². The Morgan fingerprint density at radius 2 is 1.64 bits per heavy atom. The third kappa shape index (κ3) is 1.95. The molecule has 1 aromatic carbocycles. The van der Waals surface area contributed by atoms with E-state index in [1.165, 1.54) is 0 Å². The highest BCUT2D eigenvalue weighted by molar-refractivity contribution is 7.90. The van der Waals surface area contributed by atoms with Crippen molar-refractivity contribution in [1.82, 2.24) is 0 Å². The van der Waals surface area contributed by atoms with Crippen molar-refractivity contribution in [3.63, 3.8) is 0 Å². The number of hydrogen-bond acceptors (Lipinski definition) is 3. The molecule has 14 heavy (non-hydrogen) atoms. The molecule has 0 aromatic heterocycles. The van der Waals surface area contributed by atoms with E-state index in [1.54, 1.807) is 0 Å². The first-order valence-electron chi connectivity index (χ1n) is 3.50. The van der Waals surface area contributed by atoms with E-state index in [4.69, 9.17) is 0 Å². The Morgan fingerprint density at radius 3 is 1.93 bits per heavy atom. The van der Waals surface area contributed by atoms with Crippen LogP contribution < -0.4 is 0 Å². The summed E-state index contributed by atoms with van der Waals surface area (Å²) in [5.41, 5.74) is -0.243. The molecule has 0 aliphatic rings. The highest BCUT2D eigenvalue weighted by Crippen LogP contribution is 2.19. The molecule has 0 aliphatic carbocycles. The Bertz CT molecular complexity index is 456. The first kappa shape index (κ1) is 10.8. The average Bonchev–Trinajstić information content (AvgIpc) is 1.99. The van der Waals surface area contributed by atoms with Crippen LogP contribution in [0.1, 0.15) is 10.4 Å². The van der Waals surface area contributed by atoms with Gasteiger partial charge in [-0.15, -0.1) is 0 Å². The summed E-state index contributed by atoms with van der Waals surface area (Å²) < 4.78 is 47.8. The van der Waals surface area contributed by atoms with E-state index in [0.29, 0.717) is 18.4 Å². The third-order valence-corrected chi connectivity index (χ3v) is 2.66. The van der Waals surface area contributed by atoms with Crippen LogP contribution in [-0.2, 0) is 9.84 Å². The van der Waals surface area contributed by atoms with Crippen molar-refractivity contribution in [2.75, 3.05) is 6.26 Å². The van der Waals surface area contributed by atoms with Gasteiger partial charge in [-0.1, -0.05) is 0 Å². The fraction of sp³-hybridized carbons (Fsp3) is 0.125. The minimum Gasteiger partial charge on any atom is -0.298 e. The highest BCUT2D eigenvalue weighted by Gasteiger charge is 2.20. The standard InChI is InChI=1S/C8H6F2O3S/c1-14(12,13)8-6(9)2-5(4-11)3-7(8)10/h2-4H,1H3. The van der Waals surface area contributed by atoms with Crippen LogP contribution in [0.25, 0.3) is 0 Å². The maximum Gasteiger partial charge on any atom is 0.181 e. The minimum absolute atomic E-state index is 0.234. The molecule has 0 spiro atoms. The number of benzene rings is 1. The number of carbonyl (C=O) groups is 1. The normalized spacial score (nSPS) is 11.4. The Kier molecular flexibility index (Phi) is 2.66. The Morgan fingerprint density at radius 1 is 1.21 bits per heavy atom. The van der Waals surface area contributed by atoms with Crippen LogP contribution in [0.5, 0.6) is 0 Å². The predicted molar refractivity (Wildman–Crippen MR) is 44.9 cm³/mol.